The maximum Gasteiger partial charge on any atom is 0.289 e. The molecule has 9 heteroatoms. The summed E-state index contributed by atoms with van der Waals surface area (Å²) in [6.07, 6.45) is 1.62. The van der Waals surface area contributed by atoms with E-state index in [0.29, 0.717) is 54.9 Å². The fourth-order valence-corrected chi connectivity index (χ4v) is 4.14. The predicted molar refractivity (Wildman–Crippen MR) is 110 cm³/mol. The van der Waals surface area contributed by atoms with E-state index in [1.807, 2.05) is 0 Å². The van der Waals surface area contributed by atoms with Crippen molar-refractivity contribution in [3.05, 3.63) is 47.4 Å². The zero-order valence-electron chi connectivity index (χ0n) is 16.5. The highest BCUT2D eigenvalue weighted by atomic mass is 35.5. The smallest absolute Gasteiger partial charge is 0.289 e. The third-order valence-electron chi connectivity index (χ3n) is 5.53. The fourth-order valence-electron chi connectivity index (χ4n) is 3.89. The van der Waals surface area contributed by atoms with Crippen molar-refractivity contribution in [3.63, 3.8) is 0 Å². The standard InChI is InChI=1S/C21H22ClN3O5/c1-29-17-5-4-15(12-16(17)22)25-13-14(11-19(25)26)20(27)23-6-8-24(9-7-23)21(28)18-3-2-10-30-18/h2-5,10,12,14H,6-9,11,13H2,1H3/t14-/m0/s1. The van der Waals surface area contributed by atoms with Gasteiger partial charge in [-0.15, -0.1) is 0 Å². The third-order valence-corrected chi connectivity index (χ3v) is 5.83. The van der Waals surface area contributed by atoms with Crippen molar-refractivity contribution in [2.24, 2.45) is 5.92 Å². The van der Waals surface area contributed by atoms with Crippen LogP contribution in [0.5, 0.6) is 5.75 Å². The molecule has 2 fully saturated rings. The van der Waals surface area contributed by atoms with Crippen LogP contribution in [0, 0.1) is 5.92 Å². The van der Waals surface area contributed by atoms with Crippen LogP contribution in [0.4, 0.5) is 5.69 Å². The number of hydrogen-bond donors (Lipinski definition) is 0. The van der Waals surface area contributed by atoms with Crippen molar-refractivity contribution in [1.82, 2.24) is 9.80 Å². The third kappa shape index (κ3) is 3.87. The summed E-state index contributed by atoms with van der Waals surface area (Å²) in [6, 6.07) is 8.43. The Bertz CT molecular complexity index is 954. The average molecular weight is 432 g/mol. The molecule has 158 valence electrons. The van der Waals surface area contributed by atoms with Crippen molar-refractivity contribution in [1.29, 1.82) is 0 Å². The number of amides is 3. The van der Waals surface area contributed by atoms with Gasteiger partial charge in [-0.25, -0.2) is 0 Å². The molecule has 2 aliphatic heterocycles. The van der Waals surface area contributed by atoms with Crippen LogP contribution < -0.4 is 9.64 Å². The summed E-state index contributed by atoms with van der Waals surface area (Å²) in [5, 5.41) is 0.412. The first kappa shape index (κ1) is 20.3. The molecule has 30 heavy (non-hydrogen) atoms. The van der Waals surface area contributed by atoms with Crippen LogP contribution in [0.25, 0.3) is 0 Å². The van der Waals surface area contributed by atoms with Crippen molar-refractivity contribution in [3.8, 4) is 5.75 Å². The molecule has 4 rings (SSSR count). The zero-order valence-corrected chi connectivity index (χ0v) is 17.3. The molecule has 1 atom stereocenters. The fraction of sp³-hybridized carbons (Fsp3) is 0.381. The quantitative estimate of drug-likeness (QED) is 0.741. The van der Waals surface area contributed by atoms with Gasteiger partial charge in [-0.3, -0.25) is 14.4 Å². The summed E-state index contributed by atoms with van der Waals surface area (Å²) in [5.41, 5.74) is 0.648. The van der Waals surface area contributed by atoms with Gasteiger partial charge in [-0.05, 0) is 30.3 Å². The van der Waals surface area contributed by atoms with Crippen LogP contribution in [0.1, 0.15) is 17.0 Å². The van der Waals surface area contributed by atoms with Crippen LogP contribution in [0.2, 0.25) is 5.02 Å². The van der Waals surface area contributed by atoms with Gasteiger partial charge in [0.05, 0.1) is 24.3 Å². The maximum absolute atomic E-state index is 13.0. The van der Waals surface area contributed by atoms with E-state index in [1.165, 1.54) is 13.4 Å². The molecule has 0 saturated carbocycles. The highest BCUT2D eigenvalue weighted by Crippen LogP contribution is 2.32. The van der Waals surface area contributed by atoms with Gasteiger partial charge in [-0.2, -0.15) is 0 Å². The van der Waals surface area contributed by atoms with Crippen molar-refractivity contribution >= 4 is 35.0 Å². The van der Waals surface area contributed by atoms with E-state index in [-0.39, 0.29) is 24.1 Å². The monoisotopic (exact) mass is 431 g/mol. The summed E-state index contributed by atoms with van der Waals surface area (Å²) < 4.78 is 10.3. The second-order valence-corrected chi connectivity index (χ2v) is 7.73. The molecule has 2 aliphatic rings. The van der Waals surface area contributed by atoms with Gasteiger partial charge < -0.3 is 23.9 Å². The number of furan rings is 1. The minimum atomic E-state index is -0.411. The van der Waals surface area contributed by atoms with Gasteiger partial charge in [0.25, 0.3) is 5.91 Å². The summed E-state index contributed by atoms with van der Waals surface area (Å²) in [7, 11) is 1.53. The van der Waals surface area contributed by atoms with Crippen LogP contribution >= 0.6 is 11.6 Å². The molecular formula is C21H22ClN3O5. The number of methoxy groups -OCH3 is 1. The van der Waals surface area contributed by atoms with E-state index in [0.717, 1.165) is 0 Å². The Morgan fingerprint density at radius 3 is 2.50 bits per heavy atom. The lowest BCUT2D eigenvalue weighted by atomic mass is 10.1. The molecular weight excluding hydrogens is 410 g/mol. The molecule has 0 aliphatic carbocycles. The lowest BCUT2D eigenvalue weighted by molar-refractivity contribution is -0.137. The van der Waals surface area contributed by atoms with Gasteiger partial charge in [-0.1, -0.05) is 11.6 Å². The van der Waals surface area contributed by atoms with Gasteiger partial charge in [0, 0.05) is 44.8 Å². The molecule has 2 saturated heterocycles. The highest BCUT2D eigenvalue weighted by Gasteiger charge is 2.38. The molecule has 0 unspecified atom stereocenters. The number of hydrogen-bond acceptors (Lipinski definition) is 5. The second kappa shape index (κ2) is 8.39. The Balaban J connectivity index is 1.36. The molecule has 2 aromatic rings. The van der Waals surface area contributed by atoms with Crippen molar-refractivity contribution < 1.29 is 23.5 Å². The SMILES string of the molecule is COc1ccc(N2C[C@@H](C(=O)N3CCN(C(=O)c4ccco4)CC3)CC2=O)cc1Cl. The number of halogens is 1. The average Bonchev–Trinajstić information content (AvgIpc) is 3.43. The van der Waals surface area contributed by atoms with Crippen molar-refractivity contribution in [2.45, 2.75) is 6.42 Å². The van der Waals surface area contributed by atoms with Crippen LogP contribution in [0.15, 0.2) is 41.0 Å². The van der Waals surface area contributed by atoms with Crippen LogP contribution in [-0.2, 0) is 9.59 Å². The summed E-state index contributed by atoms with van der Waals surface area (Å²) in [4.78, 5) is 42.9. The Morgan fingerprint density at radius 1 is 1.13 bits per heavy atom. The Labute approximate surface area is 178 Å². The van der Waals surface area contributed by atoms with E-state index in [1.54, 1.807) is 45.0 Å². The topological polar surface area (TPSA) is 83.3 Å². The Morgan fingerprint density at radius 2 is 1.87 bits per heavy atom. The number of anilines is 1. The minimum absolute atomic E-state index is 0.0597. The molecule has 3 heterocycles. The van der Waals surface area contributed by atoms with Crippen LogP contribution in [0.3, 0.4) is 0 Å². The normalized spacial score (nSPS) is 19.3. The van der Waals surface area contributed by atoms with Gasteiger partial charge in [0.15, 0.2) is 5.76 Å². The molecule has 0 N–H and O–H groups in total. The first-order valence-corrected chi connectivity index (χ1v) is 10.1. The Hall–Kier alpha value is -3.00. The second-order valence-electron chi connectivity index (χ2n) is 7.32. The number of rotatable bonds is 4. The highest BCUT2D eigenvalue weighted by molar-refractivity contribution is 6.32. The number of ether oxygens (including phenoxy) is 1. The maximum atomic E-state index is 13.0. The summed E-state index contributed by atoms with van der Waals surface area (Å²) >= 11 is 6.18. The number of benzene rings is 1. The van der Waals surface area contributed by atoms with E-state index in [9.17, 15) is 14.4 Å². The van der Waals surface area contributed by atoms with Gasteiger partial charge in [0.1, 0.15) is 5.75 Å². The summed E-state index contributed by atoms with van der Waals surface area (Å²) in [5.74, 6) is 0.0693. The van der Waals surface area contributed by atoms with E-state index < -0.39 is 5.92 Å². The number of carbonyl (C=O) groups excluding carboxylic acids is 3. The Kier molecular flexibility index (Phi) is 5.67. The van der Waals surface area contributed by atoms with E-state index >= 15 is 0 Å². The van der Waals surface area contributed by atoms with Gasteiger partial charge in [0.2, 0.25) is 11.8 Å². The molecule has 8 nitrogen and oxygen atoms in total. The molecule has 3 amide bonds. The molecule has 1 aromatic heterocycles. The zero-order chi connectivity index (χ0) is 21.3. The van der Waals surface area contributed by atoms with Crippen molar-refractivity contribution in [2.75, 3.05) is 44.7 Å². The van der Waals surface area contributed by atoms with E-state index in [4.69, 9.17) is 20.8 Å². The predicted octanol–water partition coefficient (Wildman–Crippen LogP) is 2.28. The minimum Gasteiger partial charge on any atom is -0.495 e. The molecule has 0 bridgehead atoms. The molecule has 0 spiro atoms. The number of piperazine rings is 1. The molecule has 1 aromatic carbocycles. The van der Waals surface area contributed by atoms with E-state index in [2.05, 4.69) is 0 Å². The van der Waals surface area contributed by atoms with Gasteiger partial charge >= 0.3 is 0 Å². The number of nitrogens with zero attached hydrogens (tertiary/aromatic N) is 3. The largest absolute Gasteiger partial charge is 0.495 e. The lowest BCUT2D eigenvalue weighted by Crippen LogP contribution is -2.52. The summed E-state index contributed by atoms with van der Waals surface area (Å²) in [6.45, 7) is 2.05. The first-order valence-electron chi connectivity index (χ1n) is 9.73. The molecule has 0 radical (unpaired) electrons. The first-order chi connectivity index (χ1) is 14.5. The number of carbonyl (C=O) groups is 3. The van der Waals surface area contributed by atoms with Crippen LogP contribution in [-0.4, -0.2) is 67.4 Å². The lowest BCUT2D eigenvalue weighted by Gasteiger charge is -2.35.